The van der Waals surface area contributed by atoms with Gasteiger partial charge in [-0.15, -0.1) is 0 Å². The third-order valence-corrected chi connectivity index (χ3v) is 6.41. The number of aromatic nitrogens is 1. The van der Waals surface area contributed by atoms with Gasteiger partial charge in [0.05, 0.1) is 24.0 Å². The van der Waals surface area contributed by atoms with Crippen molar-refractivity contribution >= 4 is 17.1 Å². The highest BCUT2D eigenvalue weighted by atomic mass is 16.5. The summed E-state index contributed by atoms with van der Waals surface area (Å²) in [5.74, 6) is 0.874. The highest BCUT2D eigenvalue weighted by Crippen LogP contribution is 2.45. The van der Waals surface area contributed by atoms with E-state index in [0.29, 0.717) is 0 Å². The molecule has 4 aromatic rings. The van der Waals surface area contributed by atoms with Gasteiger partial charge in [-0.2, -0.15) is 0 Å². The van der Waals surface area contributed by atoms with Crippen molar-refractivity contribution in [1.82, 2.24) is 4.57 Å². The van der Waals surface area contributed by atoms with E-state index < -0.39 is 0 Å². The van der Waals surface area contributed by atoms with E-state index in [1.165, 1.54) is 28.3 Å². The zero-order valence-electron chi connectivity index (χ0n) is 18.9. The van der Waals surface area contributed by atoms with E-state index >= 15 is 0 Å². The number of anilines is 3. The molecule has 0 fully saturated rings. The van der Waals surface area contributed by atoms with E-state index in [-0.39, 0.29) is 5.54 Å². The molecular weight excluding hydrogens is 394 g/mol. The first-order valence-corrected chi connectivity index (χ1v) is 11.0. The van der Waals surface area contributed by atoms with Crippen molar-refractivity contribution in [1.29, 1.82) is 0 Å². The van der Waals surface area contributed by atoms with Gasteiger partial charge in [0.1, 0.15) is 5.75 Å². The van der Waals surface area contributed by atoms with Crippen molar-refractivity contribution in [3.8, 4) is 11.4 Å². The van der Waals surface area contributed by atoms with Gasteiger partial charge in [-0.3, -0.25) is 0 Å². The molecule has 1 aliphatic heterocycles. The van der Waals surface area contributed by atoms with E-state index in [1.54, 1.807) is 7.11 Å². The van der Waals surface area contributed by atoms with Crippen molar-refractivity contribution in [2.24, 2.45) is 0 Å². The lowest BCUT2D eigenvalue weighted by Gasteiger charge is -2.51. The number of fused-ring (bicyclic) bond motifs is 1. The summed E-state index contributed by atoms with van der Waals surface area (Å²) in [5, 5.41) is 0. The Bertz CT molecular complexity index is 1180. The van der Waals surface area contributed by atoms with Crippen LogP contribution in [0.1, 0.15) is 12.5 Å². The molecule has 0 amide bonds. The fourth-order valence-corrected chi connectivity index (χ4v) is 4.98. The monoisotopic (exact) mass is 423 g/mol. The fourth-order valence-electron chi connectivity index (χ4n) is 4.98. The Labute approximate surface area is 190 Å². The molecule has 0 spiro atoms. The van der Waals surface area contributed by atoms with Crippen LogP contribution in [0, 0.1) is 0 Å². The number of likely N-dealkylation sites (N-methyl/N-ethyl adjacent to an activating group) is 1. The molecule has 0 saturated heterocycles. The number of benzene rings is 3. The lowest BCUT2D eigenvalue weighted by atomic mass is 9.86. The van der Waals surface area contributed by atoms with Gasteiger partial charge in [0.25, 0.3) is 0 Å². The average Bonchev–Trinajstić information content (AvgIpc) is 3.35. The summed E-state index contributed by atoms with van der Waals surface area (Å²) in [5.41, 5.74) is 6.06. The quantitative estimate of drug-likeness (QED) is 0.388. The van der Waals surface area contributed by atoms with Crippen molar-refractivity contribution in [3.63, 3.8) is 0 Å². The third-order valence-electron chi connectivity index (χ3n) is 6.41. The summed E-state index contributed by atoms with van der Waals surface area (Å²) in [6.45, 7) is 3.29. The van der Waals surface area contributed by atoms with E-state index in [4.69, 9.17) is 4.74 Å². The van der Waals surface area contributed by atoms with Crippen molar-refractivity contribution in [2.75, 3.05) is 30.5 Å². The predicted molar refractivity (Wildman–Crippen MR) is 133 cm³/mol. The zero-order valence-corrected chi connectivity index (χ0v) is 18.9. The van der Waals surface area contributed by atoms with Crippen LogP contribution in [0.15, 0.2) is 97.3 Å². The van der Waals surface area contributed by atoms with E-state index in [9.17, 15) is 0 Å². The van der Waals surface area contributed by atoms with Crippen LogP contribution in [0.25, 0.3) is 5.69 Å². The van der Waals surface area contributed by atoms with Gasteiger partial charge in [-0.25, -0.2) is 0 Å². The molecule has 0 saturated carbocycles. The number of nitrogens with zero attached hydrogens (tertiary/aromatic N) is 3. The van der Waals surface area contributed by atoms with Crippen LogP contribution in [0.4, 0.5) is 17.1 Å². The number of para-hydroxylation sites is 2. The summed E-state index contributed by atoms with van der Waals surface area (Å²) in [4.78, 5) is 4.88. The Morgan fingerprint density at radius 3 is 2.06 bits per heavy atom. The SMILES string of the molecule is COc1ccc(N2c3ccccc3N(C)C[C@]2(C)Cc2ccc(-n3cccc3)cc2)cc1. The van der Waals surface area contributed by atoms with Crippen LogP contribution >= 0.6 is 0 Å². The normalized spacial score (nSPS) is 17.8. The maximum Gasteiger partial charge on any atom is 0.119 e. The fraction of sp³-hybridized carbons (Fsp3) is 0.214. The number of ether oxygens (including phenoxy) is 1. The van der Waals surface area contributed by atoms with Crippen LogP contribution in [0.5, 0.6) is 5.75 Å². The molecule has 4 nitrogen and oxygen atoms in total. The molecule has 1 atom stereocenters. The second-order valence-electron chi connectivity index (χ2n) is 8.81. The zero-order chi connectivity index (χ0) is 22.1. The second-order valence-corrected chi connectivity index (χ2v) is 8.81. The molecule has 0 bridgehead atoms. The largest absolute Gasteiger partial charge is 0.497 e. The Morgan fingerprint density at radius 1 is 0.781 bits per heavy atom. The Balaban J connectivity index is 1.53. The summed E-state index contributed by atoms with van der Waals surface area (Å²) in [6, 6.07) is 30.1. The minimum absolute atomic E-state index is 0.118. The van der Waals surface area contributed by atoms with Crippen LogP contribution in [-0.4, -0.2) is 30.8 Å². The Morgan fingerprint density at radius 2 is 1.41 bits per heavy atom. The highest BCUT2D eigenvalue weighted by molar-refractivity contribution is 5.81. The van der Waals surface area contributed by atoms with Crippen molar-refractivity contribution in [3.05, 3.63) is 103 Å². The summed E-state index contributed by atoms with van der Waals surface area (Å²) >= 11 is 0. The lowest BCUT2D eigenvalue weighted by Crippen LogP contribution is -2.56. The summed E-state index contributed by atoms with van der Waals surface area (Å²) in [6.07, 6.45) is 5.09. The van der Waals surface area contributed by atoms with Crippen molar-refractivity contribution < 1.29 is 4.74 Å². The number of hydrogen-bond donors (Lipinski definition) is 0. The highest BCUT2D eigenvalue weighted by Gasteiger charge is 2.40. The smallest absolute Gasteiger partial charge is 0.119 e. The van der Waals surface area contributed by atoms with Gasteiger partial charge < -0.3 is 19.1 Å². The molecule has 4 heteroatoms. The molecular formula is C28H29N3O. The van der Waals surface area contributed by atoms with Gasteiger partial charge in [0.15, 0.2) is 0 Å². The van der Waals surface area contributed by atoms with E-state index in [1.807, 2.05) is 12.1 Å². The number of rotatable bonds is 5. The average molecular weight is 424 g/mol. The third kappa shape index (κ3) is 3.62. The molecule has 162 valence electrons. The Hall–Kier alpha value is -3.66. The molecule has 3 aromatic carbocycles. The molecule has 0 radical (unpaired) electrons. The van der Waals surface area contributed by atoms with Gasteiger partial charge in [0.2, 0.25) is 0 Å². The van der Waals surface area contributed by atoms with Crippen LogP contribution in [-0.2, 0) is 6.42 Å². The molecule has 1 aromatic heterocycles. The van der Waals surface area contributed by atoms with Gasteiger partial charge >= 0.3 is 0 Å². The maximum absolute atomic E-state index is 5.40. The maximum atomic E-state index is 5.40. The van der Waals surface area contributed by atoms with Gasteiger partial charge in [0, 0.05) is 37.4 Å². The molecule has 0 N–H and O–H groups in total. The standard InChI is InChI=1S/C28H29N3O/c1-28(20-22-10-12-23(13-11-22)30-18-6-7-19-30)21-29(2)26-8-4-5-9-27(26)31(28)24-14-16-25(32-3)17-15-24/h4-19H,20-21H2,1-3H3/t28-/m0/s1. The summed E-state index contributed by atoms with van der Waals surface area (Å²) in [7, 11) is 3.90. The Kier molecular flexibility index (Phi) is 5.14. The molecule has 5 rings (SSSR count). The topological polar surface area (TPSA) is 20.6 Å². The van der Waals surface area contributed by atoms with Crippen LogP contribution in [0.3, 0.4) is 0 Å². The second kappa shape index (κ2) is 8.12. The minimum Gasteiger partial charge on any atom is -0.497 e. The minimum atomic E-state index is -0.118. The molecule has 32 heavy (non-hydrogen) atoms. The first-order chi connectivity index (χ1) is 15.6. The first-order valence-electron chi connectivity index (χ1n) is 11.0. The molecule has 2 heterocycles. The number of methoxy groups -OCH3 is 1. The van der Waals surface area contributed by atoms with Gasteiger partial charge in [-0.1, -0.05) is 24.3 Å². The molecule has 1 aliphatic rings. The predicted octanol–water partition coefficient (Wildman–Crippen LogP) is 6.08. The number of hydrogen-bond acceptors (Lipinski definition) is 3. The van der Waals surface area contributed by atoms with Gasteiger partial charge in [-0.05, 0) is 79.6 Å². The molecule has 0 unspecified atom stereocenters. The van der Waals surface area contributed by atoms with E-state index in [0.717, 1.165) is 18.7 Å². The van der Waals surface area contributed by atoms with Crippen LogP contribution < -0.4 is 14.5 Å². The van der Waals surface area contributed by atoms with Crippen molar-refractivity contribution in [2.45, 2.75) is 18.9 Å². The van der Waals surface area contributed by atoms with Crippen LogP contribution in [0.2, 0.25) is 0 Å². The first kappa shape index (κ1) is 20.3. The lowest BCUT2D eigenvalue weighted by molar-refractivity contribution is 0.414. The molecule has 0 aliphatic carbocycles. The van der Waals surface area contributed by atoms with E-state index in [2.05, 4.69) is 114 Å². The summed E-state index contributed by atoms with van der Waals surface area (Å²) < 4.78 is 7.54.